The van der Waals surface area contributed by atoms with Gasteiger partial charge in [-0.3, -0.25) is 14.5 Å². The van der Waals surface area contributed by atoms with Crippen LogP contribution in [-0.2, 0) is 0 Å². The van der Waals surface area contributed by atoms with Gasteiger partial charge in [0.1, 0.15) is 12.8 Å². The Kier molecular flexibility index (Phi) is 3.47. The van der Waals surface area contributed by atoms with Crippen molar-refractivity contribution < 1.29 is 14.4 Å². The van der Waals surface area contributed by atoms with E-state index in [1.807, 2.05) is 31.2 Å². The van der Waals surface area contributed by atoms with Gasteiger partial charge in [0.2, 0.25) is 0 Å². The third-order valence-electron chi connectivity index (χ3n) is 4.58. The molecule has 1 aliphatic rings. The Bertz CT molecular complexity index is 1050. The molecule has 0 unspecified atom stereocenters. The number of rotatable bonds is 2. The first-order chi connectivity index (χ1) is 11.9. The number of aromatic nitrogens is 1. The Balaban J connectivity index is 2.04. The zero-order valence-electron chi connectivity index (χ0n) is 14.0. The number of halogens is 1. The maximum absolute atomic E-state index is 12.3. The summed E-state index contributed by atoms with van der Waals surface area (Å²) in [7, 11) is 3.07. The Morgan fingerprint density at radius 3 is 2.20 bits per heavy atom. The predicted octanol–water partition coefficient (Wildman–Crippen LogP) is 3.66. The first-order valence-corrected chi connectivity index (χ1v) is 8.55. The third kappa shape index (κ3) is 2.14. The number of amides is 2. The van der Waals surface area contributed by atoms with E-state index in [4.69, 9.17) is 4.84 Å². The molecule has 5 nitrogen and oxygen atoms in total. The lowest BCUT2D eigenvalue weighted by atomic mass is 10.1. The summed E-state index contributed by atoms with van der Waals surface area (Å²) >= 11 is 3.65. The number of carbonyl (C=O) groups is 2. The number of imide groups is 1. The fourth-order valence-electron chi connectivity index (χ4n) is 3.22. The molecule has 4 rings (SSSR count). The molecule has 2 amide bonds. The van der Waals surface area contributed by atoms with Crippen molar-refractivity contribution in [3.05, 3.63) is 57.6 Å². The molecule has 0 saturated heterocycles. The molecule has 1 aromatic heterocycles. The smallest absolute Gasteiger partial charge is 0.261 e. The van der Waals surface area contributed by atoms with Crippen molar-refractivity contribution in [2.45, 2.75) is 6.92 Å². The van der Waals surface area contributed by atoms with Gasteiger partial charge in [0.15, 0.2) is 0 Å². The SMILES string of the molecule is COn1c(-c2ccc(C)cc2)c(Br)c2cc3c(cc21)C(=O)N(C)C3=O. The molecule has 2 aromatic carbocycles. The fourth-order valence-corrected chi connectivity index (χ4v) is 3.93. The number of fused-ring (bicyclic) bond motifs is 2. The third-order valence-corrected chi connectivity index (χ3v) is 5.38. The summed E-state index contributed by atoms with van der Waals surface area (Å²) in [6.45, 7) is 2.03. The second-order valence-electron chi connectivity index (χ2n) is 6.09. The Morgan fingerprint density at radius 1 is 1.00 bits per heavy atom. The van der Waals surface area contributed by atoms with Gasteiger partial charge in [-0.25, -0.2) is 0 Å². The van der Waals surface area contributed by atoms with Crippen LogP contribution in [0.15, 0.2) is 40.9 Å². The van der Waals surface area contributed by atoms with E-state index in [0.29, 0.717) is 11.1 Å². The van der Waals surface area contributed by atoms with Crippen molar-refractivity contribution in [3.8, 4) is 11.3 Å². The van der Waals surface area contributed by atoms with Gasteiger partial charge in [0, 0.05) is 18.0 Å². The first kappa shape index (κ1) is 15.9. The summed E-state index contributed by atoms with van der Waals surface area (Å²) < 4.78 is 2.51. The number of carbonyl (C=O) groups excluding carboxylic acids is 2. The molecule has 0 bridgehead atoms. The average Bonchev–Trinajstić information content (AvgIpc) is 3.01. The van der Waals surface area contributed by atoms with Crippen molar-refractivity contribution in [2.75, 3.05) is 14.2 Å². The molecule has 0 aliphatic carbocycles. The van der Waals surface area contributed by atoms with Crippen molar-refractivity contribution in [1.29, 1.82) is 0 Å². The number of aryl methyl sites for hydroxylation is 1. The summed E-state index contributed by atoms with van der Waals surface area (Å²) in [5, 5.41) is 0.827. The topological polar surface area (TPSA) is 51.5 Å². The lowest BCUT2D eigenvalue weighted by Gasteiger charge is -2.09. The summed E-state index contributed by atoms with van der Waals surface area (Å²) in [4.78, 5) is 31.3. The molecular weight excluding hydrogens is 384 g/mol. The highest BCUT2D eigenvalue weighted by Crippen LogP contribution is 2.39. The van der Waals surface area contributed by atoms with Crippen LogP contribution in [-0.4, -0.2) is 35.6 Å². The minimum atomic E-state index is -0.293. The van der Waals surface area contributed by atoms with Crippen molar-refractivity contribution in [2.24, 2.45) is 0 Å². The fraction of sp³-hybridized carbons (Fsp3) is 0.158. The zero-order chi connectivity index (χ0) is 17.9. The van der Waals surface area contributed by atoms with Gasteiger partial charge in [-0.05, 0) is 35.0 Å². The molecule has 3 aromatic rings. The monoisotopic (exact) mass is 398 g/mol. The Labute approximate surface area is 152 Å². The van der Waals surface area contributed by atoms with Crippen molar-refractivity contribution in [3.63, 3.8) is 0 Å². The van der Waals surface area contributed by atoms with E-state index in [-0.39, 0.29) is 11.8 Å². The second-order valence-corrected chi connectivity index (χ2v) is 6.88. The minimum absolute atomic E-state index is 0.282. The molecular formula is C19H15BrN2O3. The van der Waals surface area contributed by atoms with Gasteiger partial charge in [-0.1, -0.05) is 29.8 Å². The maximum Gasteiger partial charge on any atom is 0.261 e. The van der Waals surface area contributed by atoms with Gasteiger partial charge in [-0.15, -0.1) is 0 Å². The summed E-state index contributed by atoms with van der Waals surface area (Å²) in [5.74, 6) is -0.574. The second kappa shape index (κ2) is 5.46. The number of hydrogen-bond acceptors (Lipinski definition) is 3. The Hall–Kier alpha value is -2.60. The number of hydrogen-bond donors (Lipinski definition) is 0. The molecule has 126 valence electrons. The van der Waals surface area contributed by atoms with E-state index in [2.05, 4.69) is 15.9 Å². The minimum Gasteiger partial charge on any atom is -0.416 e. The predicted molar refractivity (Wildman–Crippen MR) is 98.7 cm³/mol. The molecule has 0 N–H and O–H groups in total. The van der Waals surface area contributed by atoms with E-state index < -0.39 is 0 Å². The van der Waals surface area contributed by atoms with Crippen molar-refractivity contribution in [1.82, 2.24) is 9.63 Å². The lowest BCUT2D eigenvalue weighted by molar-refractivity contribution is 0.0693. The molecule has 0 atom stereocenters. The van der Waals surface area contributed by atoms with Crippen LogP contribution in [0.4, 0.5) is 0 Å². The van der Waals surface area contributed by atoms with Crippen LogP contribution < -0.4 is 4.84 Å². The summed E-state index contributed by atoms with van der Waals surface area (Å²) in [6.07, 6.45) is 0. The molecule has 0 spiro atoms. The van der Waals surface area contributed by atoms with Crippen LogP contribution in [0.2, 0.25) is 0 Å². The summed E-state index contributed by atoms with van der Waals surface area (Å²) in [5.41, 5.74) is 4.54. The molecule has 0 fully saturated rings. The van der Waals surface area contributed by atoms with Crippen LogP contribution in [0, 0.1) is 6.92 Å². The molecule has 1 aliphatic heterocycles. The standard InChI is InChI=1S/C19H15BrN2O3/c1-10-4-6-11(7-5-10)17-16(20)14-8-12-13(9-15(14)22(17)25-3)19(24)21(2)18(12)23/h4-9H,1-3H3. The van der Waals surface area contributed by atoms with Crippen LogP contribution in [0.25, 0.3) is 22.2 Å². The molecule has 0 radical (unpaired) electrons. The highest BCUT2D eigenvalue weighted by Gasteiger charge is 2.34. The van der Waals surface area contributed by atoms with Gasteiger partial charge in [0.05, 0.1) is 21.1 Å². The number of nitrogens with zero attached hydrogens (tertiary/aromatic N) is 2. The zero-order valence-corrected chi connectivity index (χ0v) is 15.5. The molecule has 0 saturated carbocycles. The van der Waals surface area contributed by atoms with Gasteiger partial charge in [-0.2, -0.15) is 4.73 Å². The molecule has 25 heavy (non-hydrogen) atoms. The van der Waals surface area contributed by atoms with Gasteiger partial charge < -0.3 is 4.84 Å². The highest BCUT2D eigenvalue weighted by molar-refractivity contribution is 9.10. The van der Waals surface area contributed by atoms with Crippen LogP contribution >= 0.6 is 15.9 Å². The van der Waals surface area contributed by atoms with Gasteiger partial charge in [0.25, 0.3) is 11.8 Å². The van der Waals surface area contributed by atoms with Crippen LogP contribution in [0.3, 0.4) is 0 Å². The van der Waals surface area contributed by atoms with Gasteiger partial charge >= 0.3 is 0 Å². The number of benzene rings is 2. The van der Waals surface area contributed by atoms with Crippen LogP contribution in [0.1, 0.15) is 26.3 Å². The van der Waals surface area contributed by atoms with E-state index >= 15 is 0 Å². The summed E-state index contributed by atoms with van der Waals surface area (Å²) in [6, 6.07) is 11.6. The Morgan fingerprint density at radius 2 is 1.60 bits per heavy atom. The van der Waals surface area contributed by atoms with Crippen LogP contribution in [0.5, 0.6) is 0 Å². The first-order valence-electron chi connectivity index (χ1n) is 7.76. The van der Waals surface area contributed by atoms with E-state index in [0.717, 1.165) is 37.1 Å². The van der Waals surface area contributed by atoms with E-state index in [1.165, 1.54) is 7.05 Å². The normalized spacial score (nSPS) is 13.7. The maximum atomic E-state index is 12.3. The highest BCUT2D eigenvalue weighted by atomic mass is 79.9. The van der Waals surface area contributed by atoms with Crippen molar-refractivity contribution >= 4 is 38.6 Å². The van der Waals surface area contributed by atoms with E-state index in [1.54, 1.807) is 24.0 Å². The molecule has 2 heterocycles. The average molecular weight is 399 g/mol. The largest absolute Gasteiger partial charge is 0.416 e. The van der Waals surface area contributed by atoms with E-state index in [9.17, 15) is 9.59 Å². The molecule has 6 heteroatoms. The quantitative estimate of drug-likeness (QED) is 0.618. The lowest BCUT2D eigenvalue weighted by Crippen LogP contribution is -2.24.